The first-order chi connectivity index (χ1) is 9.09. The molecule has 1 aliphatic rings. The minimum atomic E-state index is -0.284. The zero-order valence-electron chi connectivity index (χ0n) is 11.9. The van der Waals surface area contributed by atoms with Crippen LogP contribution in [0.15, 0.2) is 24.3 Å². The lowest BCUT2D eigenvalue weighted by molar-refractivity contribution is 0.156. The molecule has 1 aromatic carbocycles. The number of aryl methyl sites for hydroxylation is 2. The molecule has 2 nitrogen and oxygen atoms in total. The Morgan fingerprint density at radius 1 is 1.21 bits per heavy atom. The highest BCUT2D eigenvalue weighted by Crippen LogP contribution is 2.34. The molecule has 0 aliphatic heterocycles. The predicted octanol–water partition coefficient (Wildman–Crippen LogP) is 3.77. The maximum absolute atomic E-state index is 10.2. The molecule has 0 bridgehead atoms. The minimum absolute atomic E-state index is 0.284. The van der Waals surface area contributed by atoms with E-state index in [1.54, 1.807) is 0 Å². The predicted molar refractivity (Wildman–Crippen MR) is 77.9 cm³/mol. The summed E-state index contributed by atoms with van der Waals surface area (Å²) in [6.07, 6.45) is 2.74. The van der Waals surface area contributed by atoms with Gasteiger partial charge in [0, 0.05) is 22.6 Å². The van der Waals surface area contributed by atoms with Crippen molar-refractivity contribution in [1.82, 2.24) is 4.57 Å². The van der Waals surface area contributed by atoms with Gasteiger partial charge in [0.2, 0.25) is 0 Å². The molecule has 1 atom stereocenters. The monoisotopic (exact) mass is 255 g/mol. The normalized spacial score (nSPS) is 18.4. The topological polar surface area (TPSA) is 25.2 Å². The lowest BCUT2D eigenvalue weighted by atomic mass is 9.95. The molecule has 1 aromatic heterocycles. The smallest absolute Gasteiger partial charge is 0.0807 e. The molecule has 0 spiro atoms. The van der Waals surface area contributed by atoms with Crippen molar-refractivity contribution in [1.29, 1.82) is 0 Å². The molecule has 1 aliphatic carbocycles. The molecule has 0 saturated heterocycles. The standard InChI is InChI=1S/C17H21NO/c1-11-6-4-7-15(13(11)3)18-12(2)10-14-16(18)8-5-9-17(14)19/h4,6-7,10,17,19H,5,8-9H2,1-3H3. The van der Waals surface area contributed by atoms with Crippen LogP contribution in [0.2, 0.25) is 0 Å². The van der Waals surface area contributed by atoms with Gasteiger partial charge in [0.1, 0.15) is 0 Å². The highest BCUT2D eigenvalue weighted by molar-refractivity contribution is 5.50. The molecule has 100 valence electrons. The zero-order chi connectivity index (χ0) is 13.6. The fourth-order valence-electron chi connectivity index (χ4n) is 3.19. The van der Waals surface area contributed by atoms with Gasteiger partial charge in [-0.05, 0) is 63.3 Å². The number of aliphatic hydroxyl groups is 1. The van der Waals surface area contributed by atoms with Crippen molar-refractivity contribution in [3.63, 3.8) is 0 Å². The Labute approximate surface area is 114 Å². The molecular formula is C17H21NO. The van der Waals surface area contributed by atoms with Crippen molar-refractivity contribution < 1.29 is 5.11 Å². The lowest BCUT2D eigenvalue weighted by Crippen LogP contribution is -2.12. The number of nitrogens with zero attached hydrogens (tertiary/aromatic N) is 1. The van der Waals surface area contributed by atoms with Crippen LogP contribution in [0.3, 0.4) is 0 Å². The van der Waals surface area contributed by atoms with Gasteiger partial charge < -0.3 is 9.67 Å². The van der Waals surface area contributed by atoms with Gasteiger partial charge in [-0.1, -0.05) is 12.1 Å². The Bertz CT molecular complexity index is 624. The number of benzene rings is 1. The van der Waals surface area contributed by atoms with Crippen LogP contribution in [0.1, 0.15) is 47.0 Å². The summed E-state index contributed by atoms with van der Waals surface area (Å²) in [5, 5.41) is 10.2. The Balaban J connectivity index is 2.23. The van der Waals surface area contributed by atoms with Crippen molar-refractivity contribution in [2.75, 3.05) is 0 Å². The van der Waals surface area contributed by atoms with Crippen LogP contribution in [0.25, 0.3) is 5.69 Å². The average molecular weight is 255 g/mol. The van der Waals surface area contributed by atoms with E-state index in [9.17, 15) is 5.11 Å². The second-order valence-electron chi connectivity index (χ2n) is 5.65. The summed E-state index contributed by atoms with van der Waals surface area (Å²) >= 11 is 0. The van der Waals surface area contributed by atoms with E-state index in [1.807, 2.05) is 0 Å². The van der Waals surface area contributed by atoms with Crippen molar-refractivity contribution in [2.45, 2.75) is 46.1 Å². The van der Waals surface area contributed by atoms with E-state index in [0.717, 1.165) is 24.8 Å². The summed E-state index contributed by atoms with van der Waals surface area (Å²) in [7, 11) is 0. The minimum Gasteiger partial charge on any atom is -0.388 e. The van der Waals surface area contributed by atoms with Crippen LogP contribution in [-0.2, 0) is 6.42 Å². The Morgan fingerprint density at radius 2 is 2.00 bits per heavy atom. The molecule has 0 fully saturated rings. The molecule has 0 amide bonds. The molecule has 2 heteroatoms. The van der Waals surface area contributed by atoms with E-state index in [1.165, 1.54) is 28.2 Å². The van der Waals surface area contributed by atoms with Crippen molar-refractivity contribution in [3.05, 3.63) is 52.3 Å². The van der Waals surface area contributed by atoms with Crippen LogP contribution in [0, 0.1) is 20.8 Å². The number of rotatable bonds is 1. The number of aliphatic hydroxyl groups excluding tert-OH is 1. The number of aromatic nitrogens is 1. The van der Waals surface area contributed by atoms with Gasteiger partial charge in [-0.2, -0.15) is 0 Å². The molecule has 0 saturated carbocycles. The molecule has 3 rings (SSSR count). The second kappa shape index (κ2) is 4.53. The highest BCUT2D eigenvalue weighted by atomic mass is 16.3. The van der Waals surface area contributed by atoms with Gasteiger partial charge in [-0.25, -0.2) is 0 Å². The van der Waals surface area contributed by atoms with Gasteiger partial charge in [0.15, 0.2) is 0 Å². The fourth-order valence-corrected chi connectivity index (χ4v) is 3.19. The summed E-state index contributed by atoms with van der Waals surface area (Å²) in [5.74, 6) is 0. The van der Waals surface area contributed by atoms with E-state index < -0.39 is 0 Å². The SMILES string of the molecule is Cc1cccc(-n2c(C)cc3c2CCCC3O)c1C. The highest BCUT2D eigenvalue weighted by Gasteiger charge is 2.24. The maximum atomic E-state index is 10.2. The molecule has 1 heterocycles. The first-order valence-electron chi connectivity index (χ1n) is 7.05. The number of hydrogen-bond donors (Lipinski definition) is 1. The summed E-state index contributed by atoms with van der Waals surface area (Å²) in [6.45, 7) is 6.46. The number of hydrogen-bond acceptors (Lipinski definition) is 1. The summed E-state index contributed by atoms with van der Waals surface area (Å²) in [6, 6.07) is 8.60. The van der Waals surface area contributed by atoms with E-state index in [-0.39, 0.29) is 6.10 Å². The fraction of sp³-hybridized carbons (Fsp3) is 0.412. The van der Waals surface area contributed by atoms with Crippen LogP contribution >= 0.6 is 0 Å². The largest absolute Gasteiger partial charge is 0.388 e. The maximum Gasteiger partial charge on any atom is 0.0807 e. The van der Waals surface area contributed by atoms with Crippen LogP contribution in [0.5, 0.6) is 0 Å². The zero-order valence-corrected chi connectivity index (χ0v) is 11.9. The third-order valence-corrected chi connectivity index (χ3v) is 4.39. The third kappa shape index (κ3) is 1.91. The van der Waals surface area contributed by atoms with Gasteiger partial charge in [0.25, 0.3) is 0 Å². The second-order valence-corrected chi connectivity index (χ2v) is 5.65. The summed E-state index contributed by atoms with van der Waals surface area (Å²) in [5.41, 5.74) is 7.54. The van der Waals surface area contributed by atoms with Crippen molar-refractivity contribution >= 4 is 0 Å². The number of fused-ring (bicyclic) bond motifs is 1. The lowest BCUT2D eigenvalue weighted by Gasteiger charge is -2.21. The molecule has 19 heavy (non-hydrogen) atoms. The molecule has 2 aromatic rings. The summed E-state index contributed by atoms with van der Waals surface area (Å²) < 4.78 is 2.33. The Morgan fingerprint density at radius 3 is 2.79 bits per heavy atom. The van der Waals surface area contributed by atoms with Crippen molar-refractivity contribution in [2.24, 2.45) is 0 Å². The van der Waals surface area contributed by atoms with Crippen LogP contribution in [-0.4, -0.2) is 9.67 Å². The summed E-state index contributed by atoms with van der Waals surface area (Å²) in [4.78, 5) is 0. The first kappa shape index (κ1) is 12.5. The van der Waals surface area contributed by atoms with Crippen LogP contribution < -0.4 is 0 Å². The first-order valence-corrected chi connectivity index (χ1v) is 7.05. The van der Waals surface area contributed by atoms with E-state index in [4.69, 9.17) is 0 Å². The van der Waals surface area contributed by atoms with Crippen molar-refractivity contribution in [3.8, 4) is 5.69 Å². The van der Waals surface area contributed by atoms with Crippen LogP contribution in [0.4, 0.5) is 0 Å². The van der Waals surface area contributed by atoms with Gasteiger partial charge in [0.05, 0.1) is 6.10 Å². The molecular weight excluding hydrogens is 234 g/mol. The van der Waals surface area contributed by atoms with E-state index in [0.29, 0.717) is 0 Å². The van der Waals surface area contributed by atoms with Gasteiger partial charge >= 0.3 is 0 Å². The Kier molecular flexibility index (Phi) is 2.98. The van der Waals surface area contributed by atoms with Gasteiger partial charge in [-0.15, -0.1) is 0 Å². The quantitative estimate of drug-likeness (QED) is 0.824. The third-order valence-electron chi connectivity index (χ3n) is 4.39. The molecule has 0 radical (unpaired) electrons. The average Bonchev–Trinajstić information content (AvgIpc) is 2.71. The van der Waals surface area contributed by atoms with E-state index >= 15 is 0 Å². The molecule has 1 N–H and O–H groups in total. The van der Waals surface area contributed by atoms with E-state index in [2.05, 4.69) is 49.6 Å². The van der Waals surface area contributed by atoms with Gasteiger partial charge in [-0.3, -0.25) is 0 Å². The molecule has 1 unspecified atom stereocenters. The Hall–Kier alpha value is -1.54.